The van der Waals surface area contributed by atoms with Crippen LogP contribution in [-0.4, -0.2) is 54.8 Å². The third-order valence-corrected chi connectivity index (χ3v) is 7.19. The first kappa shape index (κ1) is 24.5. The van der Waals surface area contributed by atoms with Gasteiger partial charge >= 0.3 is 0 Å². The van der Waals surface area contributed by atoms with Crippen LogP contribution < -0.4 is 5.32 Å². The third kappa shape index (κ3) is 6.35. The molecule has 0 radical (unpaired) electrons. The zero-order chi connectivity index (χ0) is 24.3. The number of anilines is 1. The summed E-state index contributed by atoms with van der Waals surface area (Å²) in [5.74, 6) is -2.13. The summed E-state index contributed by atoms with van der Waals surface area (Å²) in [7, 11) is 0. The maximum atomic E-state index is 13.9. The van der Waals surface area contributed by atoms with Crippen molar-refractivity contribution >= 4 is 5.82 Å². The van der Waals surface area contributed by atoms with E-state index < -0.39 is 18.6 Å². The molecule has 3 aliphatic rings. The second-order valence-electron chi connectivity index (χ2n) is 10.0. The fourth-order valence-corrected chi connectivity index (χ4v) is 5.32. The first-order valence-electron chi connectivity index (χ1n) is 12.8. The molecule has 0 spiro atoms. The Hall–Kier alpha value is -2.16. The van der Waals surface area contributed by atoms with Gasteiger partial charge in [-0.25, -0.2) is 18.2 Å². The van der Waals surface area contributed by atoms with E-state index in [1.54, 1.807) is 6.07 Å². The standard InChI is InChI=1S/C27H34F3N3O2/c28-21-7-9-24(25-15-27(29,30)18-35-25)20(14-21)16-33-12-10-23(17-33)34-13-2-1-5-22-8-6-19-4-3-11-31-26(19)32-22/h6-9,14,23,25H,1-5,10-13,15-18H2,(H,31,32). The molecule has 2 aromatic rings. The molecule has 8 heteroatoms. The summed E-state index contributed by atoms with van der Waals surface area (Å²) in [6, 6.07) is 8.70. The Labute approximate surface area is 205 Å². The number of aryl methyl sites for hydroxylation is 2. The minimum Gasteiger partial charge on any atom is -0.377 e. The molecule has 1 aromatic carbocycles. The molecule has 2 fully saturated rings. The number of halogens is 3. The van der Waals surface area contributed by atoms with Gasteiger partial charge in [0, 0.05) is 44.9 Å². The largest absolute Gasteiger partial charge is 0.377 e. The number of nitrogens with zero attached hydrogens (tertiary/aromatic N) is 2. The van der Waals surface area contributed by atoms with Gasteiger partial charge in [0.05, 0.1) is 12.2 Å². The minimum absolute atomic E-state index is 0.144. The van der Waals surface area contributed by atoms with Crippen LogP contribution in [0.25, 0.3) is 0 Å². The molecule has 2 atom stereocenters. The van der Waals surface area contributed by atoms with E-state index >= 15 is 0 Å². The number of rotatable bonds is 9. The maximum absolute atomic E-state index is 13.9. The number of aromatic nitrogens is 1. The summed E-state index contributed by atoms with van der Waals surface area (Å²) >= 11 is 0. The molecule has 4 heterocycles. The number of benzene rings is 1. The summed E-state index contributed by atoms with van der Waals surface area (Å²) in [5, 5.41) is 3.39. The van der Waals surface area contributed by atoms with E-state index in [2.05, 4.69) is 22.3 Å². The highest BCUT2D eigenvalue weighted by atomic mass is 19.3. The molecular weight excluding hydrogens is 455 g/mol. The molecule has 2 unspecified atom stereocenters. The van der Waals surface area contributed by atoms with Gasteiger partial charge in [0.2, 0.25) is 0 Å². The monoisotopic (exact) mass is 489 g/mol. The van der Waals surface area contributed by atoms with E-state index in [1.165, 1.54) is 24.1 Å². The van der Waals surface area contributed by atoms with Gasteiger partial charge in [-0.2, -0.15) is 0 Å². The highest BCUT2D eigenvalue weighted by Crippen LogP contribution is 2.40. The lowest BCUT2D eigenvalue weighted by molar-refractivity contribution is -0.0101. The van der Waals surface area contributed by atoms with Crippen molar-refractivity contribution in [1.29, 1.82) is 0 Å². The van der Waals surface area contributed by atoms with Crippen LogP contribution in [0.15, 0.2) is 30.3 Å². The molecule has 0 saturated carbocycles. The van der Waals surface area contributed by atoms with Gasteiger partial charge < -0.3 is 14.8 Å². The number of unbranched alkanes of at least 4 members (excludes halogenated alkanes) is 1. The van der Waals surface area contributed by atoms with Gasteiger partial charge in [-0.3, -0.25) is 4.90 Å². The van der Waals surface area contributed by atoms with Gasteiger partial charge in [0.1, 0.15) is 18.2 Å². The SMILES string of the molecule is Fc1ccc(C2CC(F)(F)CO2)c(CN2CCC(OCCCCc3ccc4c(n3)NCCC4)C2)c1. The van der Waals surface area contributed by atoms with Crippen LogP contribution in [0.4, 0.5) is 19.0 Å². The number of alkyl halides is 2. The first-order chi connectivity index (χ1) is 16.9. The van der Waals surface area contributed by atoms with Crippen molar-refractivity contribution in [2.45, 2.75) is 69.6 Å². The zero-order valence-electron chi connectivity index (χ0n) is 20.1. The van der Waals surface area contributed by atoms with Crippen molar-refractivity contribution < 1.29 is 22.6 Å². The van der Waals surface area contributed by atoms with Gasteiger partial charge in [-0.15, -0.1) is 0 Å². The molecule has 190 valence electrons. The highest BCUT2D eigenvalue weighted by Gasteiger charge is 2.42. The van der Waals surface area contributed by atoms with E-state index in [-0.39, 0.29) is 18.3 Å². The van der Waals surface area contributed by atoms with E-state index in [0.717, 1.165) is 68.8 Å². The van der Waals surface area contributed by atoms with Gasteiger partial charge in [0.25, 0.3) is 5.92 Å². The van der Waals surface area contributed by atoms with Crippen molar-refractivity contribution in [1.82, 2.24) is 9.88 Å². The molecule has 1 N–H and O–H groups in total. The first-order valence-corrected chi connectivity index (χ1v) is 12.8. The molecule has 1 aromatic heterocycles. The number of hydrogen-bond acceptors (Lipinski definition) is 5. The van der Waals surface area contributed by atoms with Crippen LogP contribution in [0.1, 0.15) is 60.6 Å². The molecule has 3 aliphatic heterocycles. The molecular formula is C27H34F3N3O2. The molecule has 0 aliphatic carbocycles. The minimum atomic E-state index is -2.82. The van der Waals surface area contributed by atoms with Crippen LogP contribution in [0.2, 0.25) is 0 Å². The second-order valence-corrected chi connectivity index (χ2v) is 10.0. The lowest BCUT2D eigenvalue weighted by atomic mass is 9.99. The summed E-state index contributed by atoms with van der Waals surface area (Å²) in [5.41, 5.74) is 3.83. The zero-order valence-corrected chi connectivity index (χ0v) is 20.1. The summed E-state index contributed by atoms with van der Waals surface area (Å²) < 4.78 is 52.7. The number of likely N-dealkylation sites (tertiary alicyclic amines) is 1. The van der Waals surface area contributed by atoms with Crippen LogP contribution in [0.5, 0.6) is 0 Å². The average Bonchev–Trinajstić information content (AvgIpc) is 3.44. The number of nitrogens with one attached hydrogen (secondary N) is 1. The lowest BCUT2D eigenvalue weighted by Crippen LogP contribution is -2.24. The Balaban J connectivity index is 1.05. The van der Waals surface area contributed by atoms with E-state index in [1.807, 2.05) is 0 Å². The Kier molecular flexibility index (Phi) is 7.60. The summed E-state index contributed by atoms with van der Waals surface area (Å²) in [4.78, 5) is 6.96. The quantitative estimate of drug-likeness (QED) is 0.485. The van der Waals surface area contributed by atoms with Crippen LogP contribution in [0, 0.1) is 5.82 Å². The van der Waals surface area contributed by atoms with Crippen LogP contribution >= 0.6 is 0 Å². The fourth-order valence-electron chi connectivity index (χ4n) is 5.32. The topological polar surface area (TPSA) is 46.6 Å². The molecule has 5 rings (SSSR count). The molecule has 0 amide bonds. The van der Waals surface area contributed by atoms with Crippen molar-refractivity contribution in [3.05, 3.63) is 58.5 Å². The Morgan fingerprint density at radius 3 is 2.97 bits per heavy atom. The molecule has 0 bridgehead atoms. The third-order valence-electron chi connectivity index (χ3n) is 7.19. The highest BCUT2D eigenvalue weighted by molar-refractivity contribution is 5.47. The normalized spacial score (nSPS) is 23.9. The average molecular weight is 490 g/mol. The van der Waals surface area contributed by atoms with Crippen molar-refractivity contribution in [3.63, 3.8) is 0 Å². The summed E-state index contributed by atoms with van der Waals surface area (Å²) in [6.45, 7) is 3.24. The van der Waals surface area contributed by atoms with Crippen molar-refractivity contribution in [2.24, 2.45) is 0 Å². The molecule has 2 saturated heterocycles. The van der Waals surface area contributed by atoms with Gasteiger partial charge in [-0.1, -0.05) is 12.1 Å². The predicted molar refractivity (Wildman–Crippen MR) is 128 cm³/mol. The van der Waals surface area contributed by atoms with Gasteiger partial charge in [0.15, 0.2) is 0 Å². The number of ether oxygens (including phenoxy) is 2. The van der Waals surface area contributed by atoms with E-state index in [4.69, 9.17) is 14.5 Å². The van der Waals surface area contributed by atoms with Crippen molar-refractivity contribution in [3.8, 4) is 0 Å². The Morgan fingerprint density at radius 2 is 2.11 bits per heavy atom. The second kappa shape index (κ2) is 10.8. The predicted octanol–water partition coefficient (Wildman–Crippen LogP) is 5.29. The number of fused-ring (bicyclic) bond motifs is 1. The Bertz CT molecular complexity index is 1020. The van der Waals surface area contributed by atoms with Crippen LogP contribution in [0.3, 0.4) is 0 Å². The molecule has 35 heavy (non-hydrogen) atoms. The smallest absolute Gasteiger partial charge is 0.273 e. The number of hydrogen-bond donors (Lipinski definition) is 1. The van der Waals surface area contributed by atoms with E-state index in [9.17, 15) is 13.2 Å². The Morgan fingerprint density at radius 1 is 1.20 bits per heavy atom. The van der Waals surface area contributed by atoms with E-state index in [0.29, 0.717) is 18.7 Å². The number of pyridine rings is 1. The van der Waals surface area contributed by atoms with Crippen molar-refractivity contribution in [2.75, 3.05) is 38.2 Å². The molecule has 5 nitrogen and oxygen atoms in total. The van der Waals surface area contributed by atoms with Gasteiger partial charge in [-0.05, 0) is 73.4 Å². The summed E-state index contributed by atoms with van der Waals surface area (Å²) in [6.07, 6.45) is 5.24. The van der Waals surface area contributed by atoms with Crippen LogP contribution in [-0.2, 0) is 28.9 Å². The lowest BCUT2D eigenvalue weighted by Gasteiger charge is -2.21. The maximum Gasteiger partial charge on any atom is 0.273 e. The fraction of sp³-hybridized carbons (Fsp3) is 0.593.